The molecule has 0 unspecified atom stereocenters. The Hall–Kier alpha value is -2.77. The lowest BCUT2D eigenvalue weighted by molar-refractivity contribution is 0.122. The van der Waals surface area contributed by atoms with Crippen molar-refractivity contribution < 1.29 is 4.74 Å². The monoisotopic (exact) mass is 436 g/mol. The first-order valence-electron chi connectivity index (χ1n) is 10.6. The molecule has 0 bridgehead atoms. The SMILES string of the molecule is Cc1cnc(-c2cc(N3CCc4nc(N5CCOCC5)ncc4C3)ncc2Cl)c(C)c1. The Morgan fingerprint density at radius 1 is 0.935 bits per heavy atom. The number of morpholine rings is 1. The van der Waals surface area contributed by atoms with Crippen LogP contribution in [0.15, 0.2) is 30.7 Å². The van der Waals surface area contributed by atoms with Crippen molar-refractivity contribution in [2.75, 3.05) is 42.6 Å². The minimum Gasteiger partial charge on any atom is -0.378 e. The first-order valence-corrected chi connectivity index (χ1v) is 11.0. The minimum absolute atomic E-state index is 0.610. The maximum Gasteiger partial charge on any atom is 0.225 e. The van der Waals surface area contributed by atoms with E-state index in [4.69, 9.17) is 21.3 Å². The van der Waals surface area contributed by atoms with Crippen molar-refractivity contribution in [2.24, 2.45) is 0 Å². The molecule has 160 valence electrons. The van der Waals surface area contributed by atoms with E-state index in [0.717, 1.165) is 91.2 Å². The van der Waals surface area contributed by atoms with E-state index in [-0.39, 0.29) is 0 Å². The fourth-order valence-corrected chi connectivity index (χ4v) is 4.39. The van der Waals surface area contributed by atoms with Gasteiger partial charge >= 0.3 is 0 Å². The van der Waals surface area contributed by atoms with Gasteiger partial charge in [0.2, 0.25) is 5.95 Å². The quantitative estimate of drug-likeness (QED) is 0.621. The largest absolute Gasteiger partial charge is 0.378 e. The molecule has 0 aromatic carbocycles. The summed E-state index contributed by atoms with van der Waals surface area (Å²) in [6, 6.07) is 4.17. The van der Waals surface area contributed by atoms with Gasteiger partial charge in [0, 0.05) is 62.3 Å². The van der Waals surface area contributed by atoms with Crippen molar-refractivity contribution in [3.05, 3.63) is 58.1 Å². The summed E-state index contributed by atoms with van der Waals surface area (Å²) in [4.78, 5) is 23.1. The van der Waals surface area contributed by atoms with Gasteiger partial charge in [0.1, 0.15) is 5.82 Å². The summed E-state index contributed by atoms with van der Waals surface area (Å²) < 4.78 is 5.44. The molecule has 0 radical (unpaired) electrons. The predicted molar refractivity (Wildman–Crippen MR) is 122 cm³/mol. The standard InChI is InChI=1S/C23H25ClN6O/c1-15-9-16(2)22(26-11-15)18-10-21(25-13-19(18)24)30-4-3-20-17(14-30)12-27-23(28-20)29-5-7-31-8-6-29/h9-13H,3-8,14H2,1-2H3. The normalized spacial score (nSPS) is 16.4. The van der Waals surface area contributed by atoms with Crippen LogP contribution in [-0.2, 0) is 17.7 Å². The second-order valence-electron chi connectivity index (χ2n) is 8.11. The molecule has 1 saturated heterocycles. The molecule has 5 rings (SSSR count). The molecule has 0 aliphatic carbocycles. The lowest BCUT2D eigenvalue weighted by Crippen LogP contribution is -2.38. The van der Waals surface area contributed by atoms with Gasteiger partial charge in [-0.15, -0.1) is 0 Å². The number of rotatable bonds is 3. The molecular formula is C23H25ClN6O. The number of aryl methyl sites for hydroxylation is 2. The van der Waals surface area contributed by atoms with E-state index >= 15 is 0 Å². The van der Waals surface area contributed by atoms with Gasteiger partial charge < -0.3 is 14.5 Å². The van der Waals surface area contributed by atoms with Gasteiger partial charge in [-0.1, -0.05) is 17.7 Å². The van der Waals surface area contributed by atoms with Gasteiger partial charge in [-0.05, 0) is 31.0 Å². The van der Waals surface area contributed by atoms with Crippen LogP contribution in [0.25, 0.3) is 11.3 Å². The van der Waals surface area contributed by atoms with Crippen molar-refractivity contribution in [1.82, 2.24) is 19.9 Å². The third kappa shape index (κ3) is 4.07. The highest BCUT2D eigenvalue weighted by molar-refractivity contribution is 6.33. The molecule has 0 N–H and O–H groups in total. The molecule has 2 aliphatic heterocycles. The Kier molecular flexibility index (Phi) is 5.46. The van der Waals surface area contributed by atoms with Crippen LogP contribution in [0.2, 0.25) is 5.02 Å². The average Bonchev–Trinajstić information content (AvgIpc) is 2.80. The van der Waals surface area contributed by atoms with Crippen molar-refractivity contribution in [2.45, 2.75) is 26.8 Å². The molecule has 8 heteroatoms. The van der Waals surface area contributed by atoms with Crippen LogP contribution in [0.4, 0.5) is 11.8 Å². The topological polar surface area (TPSA) is 67.3 Å². The van der Waals surface area contributed by atoms with Gasteiger partial charge in [-0.2, -0.15) is 0 Å². The zero-order valence-corrected chi connectivity index (χ0v) is 18.6. The summed E-state index contributed by atoms with van der Waals surface area (Å²) >= 11 is 6.50. The Labute approximate surface area is 187 Å². The van der Waals surface area contributed by atoms with Crippen molar-refractivity contribution >= 4 is 23.4 Å². The number of ether oxygens (including phenoxy) is 1. The number of nitrogens with zero attached hydrogens (tertiary/aromatic N) is 6. The molecule has 3 aromatic heterocycles. The Balaban J connectivity index is 1.40. The molecule has 7 nitrogen and oxygen atoms in total. The molecule has 2 aliphatic rings. The second kappa shape index (κ2) is 8.40. The van der Waals surface area contributed by atoms with Gasteiger partial charge in [0.15, 0.2) is 0 Å². The number of pyridine rings is 2. The third-order valence-electron chi connectivity index (χ3n) is 5.85. The maximum absolute atomic E-state index is 6.50. The second-order valence-corrected chi connectivity index (χ2v) is 8.52. The van der Waals surface area contributed by atoms with E-state index in [1.807, 2.05) is 25.4 Å². The first kappa shape index (κ1) is 20.2. The number of hydrogen-bond donors (Lipinski definition) is 0. The molecule has 1 fully saturated rings. The summed E-state index contributed by atoms with van der Waals surface area (Å²) in [6.45, 7) is 8.83. The number of anilines is 2. The van der Waals surface area contributed by atoms with Crippen LogP contribution < -0.4 is 9.80 Å². The van der Waals surface area contributed by atoms with Gasteiger partial charge in [0.25, 0.3) is 0 Å². The van der Waals surface area contributed by atoms with Gasteiger partial charge in [-0.25, -0.2) is 15.0 Å². The smallest absolute Gasteiger partial charge is 0.225 e. The Morgan fingerprint density at radius 2 is 1.77 bits per heavy atom. The lowest BCUT2D eigenvalue weighted by atomic mass is 10.0. The fraction of sp³-hybridized carbons (Fsp3) is 0.391. The van der Waals surface area contributed by atoms with Crippen LogP contribution in [0.3, 0.4) is 0 Å². The van der Waals surface area contributed by atoms with Gasteiger partial charge in [0.05, 0.1) is 29.6 Å². The van der Waals surface area contributed by atoms with Crippen LogP contribution in [0.1, 0.15) is 22.4 Å². The summed E-state index contributed by atoms with van der Waals surface area (Å²) in [7, 11) is 0. The van der Waals surface area contributed by atoms with Crippen LogP contribution in [0.5, 0.6) is 0 Å². The summed E-state index contributed by atoms with van der Waals surface area (Å²) in [5, 5.41) is 0.610. The highest BCUT2D eigenvalue weighted by Gasteiger charge is 2.23. The van der Waals surface area contributed by atoms with Gasteiger partial charge in [-0.3, -0.25) is 4.98 Å². The number of fused-ring (bicyclic) bond motifs is 1. The van der Waals surface area contributed by atoms with E-state index in [1.54, 1.807) is 6.20 Å². The molecular weight excluding hydrogens is 412 g/mol. The molecule has 0 spiro atoms. The highest BCUT2D eigenvalue weighted by Crippen LogP contribution is 2.32. The van der Waals surface area contributed by atoms with E-state index < -0.39 is 0 Å². The van der Waals surface area contributed by atoms with Crippen LogP contribution in [0, 0.1) is 13.8 Å². The number of halogens is 1. The molecule has 3 aromatic rings. The van der Waals surface area contributed by atoms with Crippen LogP contribution in [-0.4, -0.2) is 52.8 Å². The highest BCUT2D eigenvalue weighted by atomic mass is 35.5. The number of hydrogen-bond acceptors (Lipinski definition) is 7. The third-order valence-corrected chi connectivity index (χ3v) is 6.15. The zero-order chi connectivity index (χ0) is 21.4. The average molecular weight is 437 g/mol. The fourth-order valence-electron chi connectivity index (χ4n) is 4.20. The van der Waals surface area contributed by atoms with E-state index in [0.29, 0.717) is 5.02 Å². The van der Waals surface area contributed by atoms with E-state index in [1.165, 1.54) is 0 Å². The predicted octanol–water partition coefficient (Wildman–Crippen LogP) is 3.60. The first-order chi connectivity index (χ1) is 15.1. The van der Waals surface area contributed by atoms with E-state index in [2.05, 4.69) is 37.7 Å². The molecule has 0 saturated carbocycles. The van der Waals surface area contributed by atoms with Crippen molar-refractivity contribution in [3.8, 4) is 11.3 Å². The molecule has 0 atom stereocenters. The zero-order valence-electron chi connectivity index (χ0n) is 17.8. The lowest BCUT2D eigenvalue weighted by Gasteiger charge is -2.31. The van der Waals surface area contributed by atoms with Crippen LogP contribution >= 0.6 is 11.6 Å². The summed E-state index contributed by atoms with van der Waals surface area (Å²) in [5.41, 5.74) is 6.32. The molecule has 31 heavy (non-hydrogen) atoms. The summed E-state index contributed by atoms with van der Waals surface area (Å²) in [5.74, 6) is 1.70. The number of aromatic nitrogens is 4. The minimum atomic E-state index is 0.610. The maximum atomic E-state index is 6.50. The van der Waals surface area contributed by atoms with E-state index in [9.17, 15) is 0 Å². The summed E-state index contributed by atoms with van der Waals surface area (Å²) in [6.07, 6.45) is 6.42. The Bertz CT molecular complexity index is 1120. The van der Waals surface area contributed by atoms with Crippen molar-refractivity contribution in [3.63, 3.8) is 0 Å². The van der Waals surface area contributed by atoms with Crippen molar-refractivity contribution in [1.29, 1.82) is 0 Å². The molecule has 0 amide bonds. The Morgan fingerprint density at radius 3 is 2.58 bits per heavy atom. The molecule has 5 heterocycles.